The number of carbonyl (C=O) groups excluding carboxylic acids is 1. The smallest absolute Gasteiger partial charge is 0.416 e. The molecular weight excluding hydrogens is 547 g/mol. The average molecular weight is 582 g/mol. The van der Waals surface area contributed by atoms with Crippen LogP contribution in [0.1, 0.15) is 52.4 Å². The van der Waals surface area contributed by atoms with Gasteiger partial charge in [-0.05, 0) is 42.8 Å². The summed E-state index contributed by atoms with van der Waals surface area (Å²) in [6.07, 6.45) is 2.73. The van der Waals surface area contributed by atoms with Crippen molar-refractivity contribution < 1.29 is 22.7 Å². The van der Waals surface area contributed by atoms with Crippen molar-refractivity contribution in [3.63, 3.8) is 0 Å². The number of hydrogen-bond acceptors (Lipinski definition) is 7. The molecule has 222 valence electrons. The van der Waals surface area contributed by atoms with Gasteiger partial charge in [-0.3, -0.25) is 20.1 Å². The molecule has 0 bridgehead atoms. The first-order chi connectivity index (χ1) is 20.1. The summed E-state index contributed by atoms with van der Waals surface area (Å²) in [6.45, 7) is 7.17. The lowest BCUT2D eigenvalue weighted by Crippen LogP contribution is -2.44. The summed E-state index contributed by atoms with van der Waals surface area (Å²) < 4.78 is 46.4. The van der Waals surface area contributed by atoms with Gasteiger partial charge in [-0.1, -0.05) is 25.8 Å². The van der Waals surface area contributed by atoms with Gasteiger partial charge < -0.3 is 19.9 Å². The zero-order valence-corrected chi connectivity index (χ0v) is 24.0. The van der Waals surface area contributed by atoms with E-state index in [2.05, 4.69) is 37.0 Å². The highest BCUT2D eigenvalue weighted by Crippen LogP contribution is 2.34. The number of anilines is 1. The number of aromatic amines is 1. The third-order valence-corrected chi connectivity index (χ3v) is 6.21. The number of nitrogens with zero attached hydrogens (tertiary/aromatic N) is 4. The minimum atomic E-state index is -4.56. The Balaban J connectivity index is 0.00000237. The molecule has 9 nitrogen and oxygen atoms in total. The number of likely N-dealkylation sites (N-methyl/N-ethyl adjacent to an activating group) is 1. The van der Waals surface area contributed by atoms with E-state index in [1.807, 2.05) is 25.8 Å². The Bertz CT molecular complexity index is 1460. The molecule has 0 atom stereocenters. The fourth-order valence-corrected chi connectivity index (χ4v) is 3.99. The molecule has 3 N–H and O–H groups in total. The Hall–Kier alpha value is -4.47. The maximum Gasteiger partial charge on any atom is 0.416 e. The lowest BCUT2D eigenvalue weighted by atomic mass is 10.0. The van der Waals surface area contributed by atoms with E-state index in [1.54, 1.807) is 6.08 Å². The number of alkyl halides is 3. The van der Waals surface area contributed by atoms with E-state index in [0.29, 0.717) is 30.2 Å². The predicted molar refractivity (Wildman–Crippen MR) is 156 cm³/mol. The lowest BCUT2D eigenvalue weighted by molar-refractivity contribution is -0.138. The zero-order valence-electron chi connectivity index (χ0n) is 24.0. The van der Waals surface area contributed by atoms with Crippen molar-refractivity contribution in [2.24, 2.45) is 0 Å². The largest absolute Gasteiger partial charge is 0.481 e. The maximum absolute atomic E-state index is 13.9. The van der Waals surface area contributed by atoms with Crippen LogP contribution in [-0.4, -0.2) is 76.9 Å². The molecule has 1 aliphatic heterocycles. The third kappa shape index (κ3) is 9.29. The van der Waals surface area contributed by atoms with E-state index in [-0.39, 0.29) is 29.3 Å². The molecular formula is C30H34F3N7O2. The van der Waals surface area contributed by atoms with Crippen LogP contribution in [-0.2, 0) is 17.5 Å². The van der Waals surface area contributed by atoms with Gasteiger partial charge in [-0.2, -0.15) is 13.2 Å². The van der Waals surface area contributed by atoms with Gasteiger partial charge in [0.2, 0.25) is 5.90 Å². The van der Waals surface area contributed by atoms with Crippen molar-refractivity contribution in [1.29, 1.82) is 5.41 Å². The summed E-state index contributed by atoms with van der Waals surface area (Å²) in [7, 11) is 3.38. The first-order valence-electron chi connectivity index (χ1n) is 13.4. The number of halogens is 3. The Morgan fingerprint density at radius 3 is 2.57 bits per heavy atom. The van der Waals surface area contributed by atoms with Crippen LogP contribution >= 0.6 is 0 Å². The van der Waals surface area contributed by atoms with E-state index in [4.69, 9.17) is 10.1 Å². The molecule has 4 rings (SSSR count). The molecule has 1 aliphatic rings. The van der Waals surface area contributed by atoms with Crippen LogP contribution in [0.25, 0.3) is 6.08 Å². The summed E-state index contributed by atoms with van der Waals surface area (Å²) >= 11 is 0. The van der Waals surface area contributed by atoms with Gasteiger partial charge in [-0.25, -0.2) is 4.98 Å². The standard InChI is InChI=1S/C28H28F3N7O2.C2H6/c1-37-9-11-38(12-10-37)18-20-4-6-22(14-24(20)28(29,30)31)36-27(39)21-13-19(15-33-16-21)3-5-23-17-34-26(35-23)8-7-25(32)40-2;1-2/h4,6-8,13-17,32H,9-12,18H2,1-2H3,(H,34,35)(H,36,39);1-2H3/b8-7-,32-25?;. The normalized spacial score (nSPS) is 14.0. The quantitative estimate of drug-likeness (QED) is 0.217. The van der Waals surface area contributed by atoms with Gasteiger partial charge in [0.1, 0.15) is 11.5 Å². The number of piperazine rings is 1. The fourth-order valence-electron chi connectivity index (χ4n) is 3.99. The molecule has 0 unspecified atom stereocenters. The molecule has 1 fully saturated rings. The Morgan fingerprint density at radius 1 is 1.14 bits per heavy atom. The third-order valence-electron chi connectivity index (χ3n) is 6.21. The van der Waals surface area contributed by atoms with E-state index in [1.165, 1.54) is 50.0 Å². The Kier molecular flexibility index (Phi) is 11.4. The molecule has 2 aromatic heterocycles. The number of benzene rings is 1. The number of hydrogen-bond donors (Lipinski definition) is 3. The van der Waals surface area contributed by atoms with Crippen molar-refractivity contribution in [2.75, 3.05) is 45.7 Å². The van der Waals surface area contributed by atoms with E-state index in [0.717, 1.165) is 19.2 Å². The highest BCUT2D eigenvalue weighted by molar-refractivity contribution is 6.04. The van der Waals surface area contributed by atoms with Crippen LogP contribution < -0.4 is 5.32 Å². The van der Waals surface area contributed by atoms with Crippen LogP contribution in [0.4, 0.5) is 18.9 Å². The Labute approximate surface area is 243 Å². The molecule has 0 saturated carbocycles. The van der Waals surface area contributed by atoms with Gasteiger partial charge in [0.05, 0.1) is 24.4 Å². The Morgan fingerprint density at radius 2 is 1.88 bits per heavy atom. The highest BCUT2D eigenvalue weighted by atomic mass is 19.4. The zero-order chi connectivity index (χ0) is 30.7. The van der Waals surface area contributed by atoms with Gasteiger partial charge in [-0.15, -0.1) is 0 Å². The maximum atomic E-state index is 13.9. The summed E-state index contributed by atoms with van der Waals surface area (Å²) in [4.78, 5) is 28.1. The summed E-state index contributed by atoms with van der Waals surface area (Å²) in [5.41, 5.74) is 0.510. The summed E-state index contributed by atoms with van der Waals surface area (Å²) in [5.74, 6) is 5.60. The van der Waals surface area contributed by atoms with Gasteiger partial charge >= 0.3 is 6.18 Å². The molecule has 0 radical (unpaired) electrons. The van der Waals surface area contributed by atoms with Crippen LogP contribution in [0, 0.1) is 17.3 Å². The van der Waals surface area contributed by atoms with Crippen LogP contribution in [0.5, 0.6) is 0 Å². The van der Waals surface area contributed by atoms with Gasteiger partial charge in [0, 0.05) is 62.4 Å². The second kappa shape index (κ2) is 15.0. The summed E-state index contributed by atoms with van der Waals surface area (Å²) in [5, 5.41) is 9.98. The molecule has 0 aliphatic carbocycles. The number of pyridine rings is 1. The SMILES string of the molecule is CC.COC(=N)/C=C\c1ncc(C#Cc2cncc(C(=O)Nc3ccc(CN4CCN(C)CC4)c(C(F)(F)F)c3)c2)[nH]1. The number of rotatable bonds is 6. The summed E-state index contributed by atoms with van der Waals surface area (Å²) in [6, 6.07) is 5.37. The molecule has 1 amide bonds. The number of imidazole rings is 1. The van der Waals surface area contributed by atoms with Crippen molar-refractivity contribution >= 4 is 23.6 Å². The number of amides is 1. The van der Waals surface area contributed by atoms with Gasteiger partial charge in [0.15, 0.2) is 0 Å². The highest BCUT2D eigenvalue weighted by Gasteiger charge is 2.34. The predicted octanol–water partition coefficient (Wildman–Crippen LogP) is 4.89. The number of carbonyl (C=O) groups is 1. The van der Waals surface area contributed by atoms with Crippen LogP contribution in [0.3, 0.4) is 0 Å². The number of nitrogens with one attached hydrogen (secondary N) is 3. The van der Waals surface area contributed by atoms with Crippen molar-refractivity contribution in [1.82, 2.24) is 24.8 Å². The van der Waals surface area contributed by atoms with E-state index >= 15 is 0 Å². The second-order valence-electron chi connectivity index (χ2n) is 9.20. The van der Waals surface area contributed by atoms with Crippen molar-refractivity contribution in [2.45, 2.75) is 26.6 Å². The molecule has 42 heavy (non-hydrogen) atoms. The van der Waals surface area contributed by atoms with E-state index < -0.39 is 17.6 Å². The number of aromatic nitrogens is 3. The van der Waals surface area contributed by atoms with E-state index in [9.17, 15) is 18.0 Å². The minimum Gasteiger partial charge on any atom is -0.481 e. The average Bonchev–Trinajstić information content (AvgIpc) is 3.45. The van der Waals surface area contributed by atoms with Crippen LogP contribution in [0.15, 0.2) is 48.9 Å². The molecule has 3 heterocycles. The molecule has 1 aromatic carbocycles. The number of ether oxygens (including phenoxy) is 1. The number of methoxy groups -OCH3 is 1. The van der Waals surface area contributed by atoms with Crippen LogP contribution in [0.2, 0.25) is 0 Å². The fraction of sp³-hybridized carbons (Fsp3) is 0.333. The monoisotopic (exact) mass is 581 g/mol. The first-order valence-corrected chi connectivity index (χ1v) is 13.4. The van der Waals surface area contributed by atoms with Crippen molar-refractivity contribution in [3.8, 4) is 11.8 Å². The molecule has 3 aromatic rings. The van der Waals surface area contributed by atoms with Gasteiger partial charge in [0.25, 0.3) is 5.91 Å². The topological polar surface area (TPSA) is 110 Å². The first kappa shape index (κ1) is 32.0. The molecule has 1 saturated heterocycles. The number of H-pyrrole nitrogens is 1. The second-order valence-corrected chi connectivity index (χ2v) is 9.20. The molecule has 0 spiro atoms. The molecule has 12 heteroatoms. The van der Waals surface area contributed by atoms with Crippen molar-refractivity contribution in [3.05, 3.63) is 82.7 Å². The lowest BCUT2D eigenvalue weighted by Gasteiger charge is -2.33. The minimum absolute atomic E-state index is 0.0265.